The fourth-order valence-electron chi connectivity index (χ4n) is 2.58. The maximum atomic E-state index is 12.7. The fraction of sp³-hybridized carbons (Fsp3) is 0.200. The van der Waals surface area contributed by atoms with Gasteiger partial charge < -0.3 is 10.8 Å². The molecule has 0 saturated carbocycles. The first-order chi connectivity index (χ1) is 13.4. The number of aliphatic hydroxyl groups excluding tert-OH is 1. The molecule has 4 aromatic heterocycles. The summed E-state index contributed by atoms with van der Waals surface area (Å²) in [6.07, 6.45) is 0.527. The van der Waals surface area contributed by atoms with Gasteiger partial charge >= 0.3 is 0 Å². The minimum Gasteiger partial charge on any atom is -0.386 e. The number of aromatic nitrogens is 6. The van der Waals surface area contributed by atoms with Crippen molar-refractivity contribution >= 4 is 50.4 Å². The van der Waals surface area contributed by atoms with Gasteiger partial charge in [0.15, 0.2) is 5.82 Å². The van der Waals surface area contributed by atoms with Gasteiger partial charge in [-0.05, 0) is 17.3 Å². The zero-order chi connectivity index (χ0) is 19.8. The van der Waals surface area contributed by atoms with E-state index in [-0.39, 0.29) is 29.9 Å². The Labute approximate surface area is 169 Å². The molecule has 0 radical (unpaired) electrons. The molecule has 4 heterocycles. The molecule has 0 bridgehead atoms. The topological polar surface area (TPSA) is 142 Å². The number of tetrazole rings is 1. The average molecular weight is 438 g/mol. The lowest BCUT2D eigenvalue weighted by molar-refractivity contribution is 0.100. The highest BCUT2D eigenvalue weighted by Crippen LogP contribution is 2.27. The monoisotopic (exact) mass is 437 g/mol. The van der Waals surface area contributed by atoms with Gasteiger partial charge in [0.1, 0.15) is 10.9 Å². The van der Waals surface area contributed by atoms with Crippen LogP contribution in [0.1, 0.15) is 27.2 Å². The second kappa shape index (κ2) is 7.39. The summed E-state index contributed by atoms with van der Waals surface area (Å²) in [5.74, 6) is -0.426. The molecule has 4 aromatic rings. The number of carbonyl (C=O) groups excluding carboxylic acids is 1. The third-order valence-electron chi connectivity index (χ3n) is 3.89. The van der Waals surface area contributed by atoms with Crippen molar-refractivity contribution in [2.45, 2.75) is 19.2 Å². The predicted molar refractivity (Wildman–Crippen MR) is 104 cm³/mol. The average Bonchev–Trinajstić information content (AvgIpc) is 3.37. The van der Waals surface area contributed by atoms with Gasteiger partial charge in [0.05, 0.1) is 34.7 Å². The summed E-state index contributed by atoms with van der Waals surface area (Å²) < 4.78 is 1.85. The van der Waals surface area contributed by atoms with Crippen molar-refractivity contribution in [2.75, 3.05) is 0 Å². The molecule has 3 N–H and O–H groups in total. The van der Waals surface area contributed by atoms with Crippen molar-refractivity contribution in [2.24, 2.45) is 5.73 Å². The molecule has 144 valence electrons. The molecule has 0 aliphatic rings. The molecule has 1 amide bonds. The van der Waals surface area contributed by atoms with E-state index in [1.807, 2.05) is 0 Å². The first-order valence-electron chi connectivity index (χ1n) is 7.89. The van der Waals surface area contributed by atoms with Crippen LogP contribution in [-0.2, 0) is 13.1 Å². The van der Waals surface area contributed by atoms with Crippen molar-refractivity contribution in [3.8, 4) is 0 Å². The first kappa shape index (κ1) is 18.7. The minimum absolute atomic E-state index is 0.0107. The van der Waals surface area contributed by atoms with Crippen LogP contribution in [0.3, 0.4) is 0 Å². The fourth-order valence-corrected chi connectivity index (χ4v) is 4.51. The van der Waals surface area contributed by atoms with Crippen LogP contribution < -0.4 is 11.3 Å². The van der Waals surface area contributed by atoms with E-state index >= 15 is 0 Å². The second-order valence-corrected chi connectivity index (χ2v) is 8.39. The number of carbonyl (C=O) groups is 1. The van der Waals surface area contributed by atoms with Crippen LogP contribution in [-0.4, -0.2) is 40.8 Å². The van der Waals surface area contributed by atoms with E-state index < -0.39 is 17.6 Å². The Balaban J connectivity index is 1.55. The number of rotatable bonds is 6. The van der Waals surface area contributed by atoms with Crippen molar-refractivity contribution in [1.29, 1.82) is 0 Å². The number of halogens is 1. The Morgan fingerprint density at radius 2 is 2.21 bits per heavy atom. The normalized spacial score (nSPS) is 12.5. The summed E-state index contributed by atoms with van der Waals surface area (Å²) in [6, 6.07) is 3.43. The molecule has 4 rings (SSSR count). The predicted octanol–water partition coefficient (Wildman–Crippen LogP) is 1.04. The quantitative estimate of drug-likeness (QED) is 0.458. The Kier molecular flexibility index (Phi) is 4.93. The van der Waals surface area contributed by atoms with Gasteiger partial charge in [-0.25, -0.2) is 4.98 Å². The van der Waals surface area contributed by atoms with E-state index in [1.54, 1.807) is 12.1 Å². The zero-order valence-electron chi connectivity index (χ0n) is 14.0. The molecule has 13 heteroatoms. The van der Waals surface area contributed by atoms with Gasteiger partial charge in [-0.2, -0.15) is 4.80 Å². The molecule has 10 nitrogen and oxygen atoms in total. The molecule has 0 saturated heterocycles. The number of primary amides is 1. The van der Waals surface area contributed by atoms with Crippen LogP contribution in [0.5, 0.6) is 0 Å². The lowest BCUT2D eigenvalue weighted by atomic mass is 10.2. The maximum Gasteiger partial charge on any atom is 0.263 e. The van der Waals surface area contributed by atoms with Crippen LogP contribution >= 0.6 is 34.3 Å². The molecular weight excluding hydrogens is 426 g/mol. The second-order valence-electron chi connectivity index (χ2n) is 5.79. The van der Waals surface area contributed by atoms with E-state index in [9.17, 15) is 14.7 Å². The van der Waals surface area contributed by atoms with E-state index in [4.69, 9.17) is 17.3 Å². The van der Waals surface area contributed by atoms with Crippen LogP contribution in [0.25, 0.3) is 10.2 Å². The van der Waals surface area contributed by atoms with Crippen LogP contribution in [0.4, 0.5) is 0 Å². The third-order valence-corrected chi connectivity index (χ3v) is 6.11. The Bertz CT molecular complexity index is 1230. The molecule has 0 aliphatic carbocycles. The minimum atomic E-state index is -0.829. The third kappa shape index (κ3) is 3.54. The van der Waals surface area contributed by atoms with Gasteiger partial charge in [0.25, 0.3) is 5.56 Å². The number of aliphatic hydroxyl groups is 1. The molecule has 0 spiro atoms. The van der Waals surface area contributed by atoms with Gasteiger partial charge in [0, 0.05) is 10.3 Å². The van der Waals surface area contributed by atoms with Gasteiger partial charge in [-0.1, -0.05) is 11.6 Å². The summed E-state index contributed by atoms with van der Waals surface area (Å²) in [4.78, 5) is 30.7. The summed E-state index contributed by atoms with van der Waals surface area (Å²) >= 11 is 8.31. The summed E-state index contributed by atoms with van der Waals surface area (Å²) in [7, 11) is 0. The van der Waals surface area contributed by atoms with Crippen LogP contribution in [0.15, 0.2) is 28.6 Å². The Morgan fingerprint density at radius 3 is 2.93 bits per heavy atom. The van der Waals surface area contributed by atoms with Crippen molar-refractivity contribution in [3.63, 3.8) is 0 Å². The van der Waals surface area contributed by atoms with E-state index in [2.05, 4.69) is 20.4 Å². The van der Waals surface area contributed by atoms with Gasteiger partial charge in [-0.3, -0.25) is 14.2 Å². The Morgan fingerprint density at radius 1 is 1.39 bits per heavy atom. The van der Waals surface area contributed by atoms with Crippen molar-refractivity contribution in [3.05, 3.63) is 54.8 Å². The van der Waals surface area contributed by atoms with Gasteiger partial charge in [-0.15, -0.1) is 32.9 Å². The van der Waals surface area contributed by atoms with Gasteiger partial charge in [0.2, 0.25) is 5.91 Å². The SMILES string of the molecule is NC(=O)c1csc2ncn(Cc3nnn(C[C@H](O)c4ccc(Cl)s4)n3)c(=O)c12. The summed E-state index contributed by atoms with van der Waals surface area (Å²) in [5, 5.41) is 23.9. The molecule has 0 aliphatic heterocycles. The highest BCUT2D eigenvalue weighted by atomic mass is 35.5. The number of amides is 1. The largest absolute Gasteiger partial charge is 0.386 e. The Hall–Kier alpha value is -2.67. The lowest BCUT2D eigenvalue weighted by Crippen LogP contribution is -2.23. The molecular formula is C15H12ClN7O3S2. The number of thiophene rings is 2. The molecule has 28 heavy (non-hydrogen) atoms. The molecule has 0 unspecified atom stereocenters. The summed E-state index contributed by atoms with van der Waals surface area (Å²) in [5.41, 5.74) is 5.05. The standard InChI is InChI=1S/C15H12ClN7O3S2/c16-10-2-1-9(28-10)8(24)3-23-20-11(19-21-23)4-22-6-18-14-12(15(22)26)7(5-27-14)13(17)25/h1-2,5-6,8,24H,3-4H2,(H2,17,25)/t8-/m0/s1. The zero-order valence-corrected chi connectivity index (χ0v) is 16.4. The van der Waals surface area contributed by atoms with E-state index in [1.165, 1.54) is 43.7 Å². The number of nitrogens with zero attached hydrogens (tertiary/aromatic N) is 6. The highest BCUT2D eigenvalue weighted by Gasteiger charge is 2.17. The molecule has 0 fully saturated rings. The summed E-state index contributed by atoms with van der Waals surface area (Å²) in [6.45, 7) is 0.100. The number of hydrogen-bond donors (Lipinski definition) is 2. The van der Waals surface area contributed by atoms with Crippen molar-refractivity contribution < 1.29 is 9.90 Å². The first-order valence-corrected chi connectivity index (χ1v) is 9.96. The van der Waals surface area contributed by atoms with E-state index in [0.29, 0.717) is 14.0 Å². The van der Waals surface area contributed by atoms with Crippen molar-refractivity contribution in [1.82, 2.24) is 29.8 Å². The number of nitrogens with two attached hydrogens (primary N) is 1. The van der Waals surface area contributed by atoms with Crippen LogP contribution in [0, 0.1) is 0 Å². The van der Waals surface area contributed by atoms with Crippen LogP contribution in [0.2, 0.25) is 4.34 Å². The maximum absolute atomic E-state index is 12.7. The molecule has 1 atom stereocenters. The smallest absolute Gasteiger partial charge is 0.263 e. The highest BCUT2D eigenvalue weighted by molar-refractivity contribution is 7.17. The number of hydrogen-bond acceptors (Lipinski definition) is 9. The number of fused-ring (bicyclic) bond motifs is 1. The van der Waals surface area contributed by atoms with E-state index in [0.717, 1.165) is 0 Å². The molecule has 0 aromatic carbocycles. The lowest BCUT2D eigenvalue weighted by Gasteiger charge is -2.06.